The summed E-state index contributed by atoms with van der Waals surface area (Å²) in [6.45, 7) is 8.09. The number of halogens is 1. The van der Waals surface area contributed by atoms with Gasteiger partial charge in [0, 0.05) is 28.3 Å². The van der Waals surface area contributed by atoms with Gasteiger partial charge in [-0.25, -0.2) is 0 Å². The van der Waals surface area contributed by atoms with E-state index in [4.69, 9.17) is 28.6 Å². The lowest BCUT2D eigenvalue weighted by atomic mass is 9.96. The topological polar surface area (TPSA) is 62.5 Å². The molecule has 2 aromatic carbocycles. The summed E-state index contributed by atoms with van der Waals surface area (Å²) < 4.78 is 7.89. The fourth-order valence-corrected chi connectivity index (χ4v) is 5.55. The Morgan fingerprint density at radius 2 is 1.81 bits per heavy atom. The molecule has 190 valence electrons. The van der Waals surface area contributed by atoms with E-state index in [1.54, 1.807) is 24.4 Å². The number of rotatable bonds is 6. The lowest BCUT2D eigenvalue weighted by molar-refractivity contribution is 0.242. The Labute approximate surface area is 227 Å². The first-order valence-electron chi connectivity index (χ1n) is 12.2. The minimum absolute atomic E-state index is 0.0926. The largest absolute Gasteiger partial charge is 0.506 e. The molecular formula is C29H29ClN4O2S. The van der Waals surface area contributed by atoms with Gasteiger partial charge in [0.15, 0.2) is 5.11 Å². The first-order valence-corrected chi connectivity index (χ1v) is 13.0. The number of pyridine rings is 1. The van der Waals surface area contributed by atoms with Crippen LogP contribution in [-0.2, 0) is 0 Å². The molecule has 1 saturated heterocycles. The lowest BCUT2D eigenvalue weighted by Gasteiger charge is -2.28. The van der Waals surface area contributed by atoms with Gasteiger partial charge in [0.1, 0.15) is 11.5 Å². The molecule has 0 amide bonds. The number of phenolic OH excluding ortho intramolecular Hbond substituents is 1. The number of anilines is 1. The number of hydrogen-bond acceptors (Lipinski definition) is 4. The third-order valence-electron chi connectivity index (χ3n) is 6.55. The Balaban J connectivity index is 1.64. The van der Waals surface area contributed by atoms with Crippen LogP contribution in [0.1, 0.15) is 48.6 Å². The van der Waals surface area contributed by atoms with E-state index < -0.39 is 0 Å². The number of nitrogens with zero attached hydrogens (tertiary/aromatic N) is 3. The van der Waals surface area contributed by atoms with Crippen molar-refractivity contribution in [2.24, 2.45) is 0 Å². The maximum atomic E-state index is 10.7. The molecule has 3 heterocycles. The Bertz CT molecular complexity index is 1440. The molecule has 2 atom stereocenters. The lowest BCUT2D eigenvalue weighted by Crippen LogP contribution is -2.29. The van der Waals surface area contributed by atoms with Crippen molar-refractivity contribution >= 4 is 34.6 Å². The monoisotopic (exact) mass is 532 g/mol. The van der Waals surface area contributed by atoms with Crippen molar-refractivity contribution < 1.29 is 9.84 Å². The number of phenols is 1. The molecular weight excluding hydrogens is 504 g/mol. The van der Waals surface area contributed by atoms with Crippen molar-refractivity contribution in [3.8, 4) is 17.2 Å². The number of aromatic hydroxyl groups is 1. The van der Waals surface area contributed by atoms with Crippen molar-refractivity contribution in [3.63, 3.8) is 0 Å². The summed E-state index contributed by atoms with van der Waals surface area (Å²) in [5.74, 6) is 0.973. The molecule has 0 radical (unpaired) electrons. The Kier molecular flexibility index (Phi) is 6.84. The summed E-state index contributed by atoms with van der Waals surface area (Å²) in [4.78, 5) is 6.79. The number of aromatic nitrogens is 2. The van der Waals surface area contributed by atoms with Gasteiger partial charge in [-0.1, -0.05) is 17.7 Å². The molecule has 6 nitrogen and oxygen atoms in total. The molecule has 1 aliphatic rings. The smallest absolute Gasteiger partial charge is 0.174 e. The van der Waals surface area contributed by atoms with Gasteiger partial charge < -0.3 is 24.6 Å². The SMILES string of the molecule is Cc1cc(C2C(c3ccccn3)NC(=S)N2c2ccc(OC(C)C)cc2)c(C)n1-c1cc(Cl)ccc1O. The highest BCUT2D eigenvalue weighted by Crippen LogP contribution is 2.44. The van der Waals surface area contributed by atoms with Crippen molar-refractivity contribution in [2.45, 2.75) is 45.9 Å². The molecule has 2 unspecified atom stereocenters. The van der Waals surface area contributed by atoms with Gasteiger partial charge in [-0.3, -0.25) is 4.98 Å². The minimum atomic E-state index is -0.180. The van der Waals surface area contributed by atoms with Gasteiger partial charge >= 0.3 is 0 Å². The van der Waals surface area contributed by atoms with E-state index in [0.717, 1.165) is 34.1 Å². The Morgan fingerprint density at radius 1 is 1.05 bits per heavy atom. The highest BCUT2D eigenvalue weighted by Gasteiger charge is 2.42. The van der Waals surface area contributed by atoms with Crippen molar-refractivity contribution in [1.82, 2.24) is 14.9 Å². The third kappa shape index (κ3) is 4.77. The van der Waals surface area contributed by atoms with E-state index in [-0.39, 0.29) is 23.9 Å². The standard InChI is InChI=1S/C29H29ClN4O2S/c1-17(2)36-22-11-9-21(10-12-22)34-28(27(32-29(34)37)24-7-5-6-14-31-24)23-15-18(3)33(19(23)4)25-16-20(30)8-13-26(25)35/h5-17,27-28,35H,1-4H3,(H,32,37). The Morgan fingerprint density at radius 3 is 2.49 bits per heavy atom. The first-order chi connectivity index (χ1) is 17.7. The minimum Gasteiger partial charge on any atom is -0.506 e. The van der Waals surface area contributed by atoms with Crippen LogP contribution in [0.2, 0.25) is 5.02 Å². The molecule has 0 aliphatic carbocycles. The third-order valence-corrected chi connectivity index (χ3v) is 7.10. The van der Waals surface area contributed by atoms with Crippen LogP contribution in [0, 0.1) is 13.8 Å². The molecule has 0 bridgehead atoms. The summed E-state index contributed by atoms with van der Waals surface area (Å²) in [6.07, 6.45) is 1.89. The zero-order valence-corrected chi connectivity index (χ0v) is 22.7. The van der Waals surface area contributed by atoms with Gasteiger partial charge in [0.25, 0.3) is 0 Å². The maximum Gasteiger partial charge on any atom is 0.174 e. The molecule has 1 fully saturated rings. The van der Waals surface area contributed by atoms with Crippen LogP contribution in [0.15, 0.2) is 72.9 Å². The summed E-state index contributed by atoms with van der Waals surface area (Å²) in [6, 6.07) is 20.8. The first kappa shape index (κ1) is 25.1. The fraction of sp³-hybridized carbons (Fsp3) is 0.241. The number of thiocarbonyl (C=S) groups is 1. The van der Waals surface area contributed by atoms with Crippen molar-refractivity contribution in [3.05, 3.63) is 101 Å². The summed E-state index contributed by atoms with van der Waals surface area (Å²) in [7, 11) is 0. The molecule has 8 heteroatoms. The maximum absolute atomic E-state index is 10.7. The predicted octanol–water partition coefficient (Wildman–Crippen LogP) is 6.81. The molecule has 1 aliphatic heterocycles. The zero-order chi connectivity index (χ0) is 26.3. The molecule has 0 saturated carbocycles. The summed E-state index contributed by atoms with van der Waals surface area (Å²) in [5.41, 5.74) is 5.52. The van der Waals surface area contributed by atoms with E-state index in [2.05, 4.69) is 28.2 Å². The molecule has 4 aromatic rings. The van der Waals surface area contributed by atoms with Gasteiger partial charge in [0.2, 0.25) is 0 Å². The Hall–Kier alpha value is -3.55. The van der Waals surface area contributed by atoms with Crippen LogP contribution < -0.4 is 15.0 Å². The average Bonchev–Trinajstić information content (AvgIpc) is 3.36. The molecule has 2 N–H and O–H groups in total. The van der Waals surface area contributed by atoms with Crippen LogP contribution in [0.3, 0.4) is 0 Å². The highest BCUT2D eigenvalue weighted by atomic mass is 35.5. The van der Waals surface area contributed by atoms with Crippen LogP contribution in [0.5, 0.6) is 11.5 Å². The molecule has 0 spiro atoms. The van der Waals surface area contributed by atoms with E-state index in [0.29, 0.717) is 15.8 Å². The zero-order valence-electron chi connectivity index (χ0n) is 21.1. The summed E-state index contributed by atoms with van der Waals surface area (Å²) >= 11 is 12.2. The summed E-state index contributed by atoms with van der Waals surface area (Å²) in [5, 5.41) is 15.3. The highest BCUT2D eigenvalue weighted by molar-refractivity contribution is 7.80. The normalized spacial score (nSPS) is 17.4. The number of nitrogens with one attached hydrogen (secondary N) is 1. The van der Waals surface area contributed by atoms with E-state index in [1.807, 2.05) is 67.8 Å². The van der Waals surface area contributed by atoms with Gasteiger partial charge in [0.05, 0.1) is 29.6 Å². The predicted molar refractivity (Wildman–Crippen MR) is 152 cm³/mol. The van der Waals surface area contributed by atoms with Gasteiger partial charge in [-0.15, -0.1) is 0 Å². The van der Waals surface area contributed by atoms with Crippen LogP contribution in [0.4, 0.5) is 5.69 Å². The van der Waals surface area contributed by atoms with Gasteiger partial charge in [-0.05, 0) is 106 Å². The number of hydrogen-bond donors (Lipinski definition) is 2. The van der Waals surface area contributed by atoms with E-state index in [1.165, 1.54) is 0 Å². The van der Waals surface area contributed by atoms with Crippen LogP contribution in [0.25, 0.3) is 5.69 Å². The average molecular weight is 533 g/mol. The van der Waals surface area contributed by atoms with Gasteiger partial charge in [-0.2, -0.15) is 0 Å². The quantitative estimate of drug-likeness (QED) is 0.266. The number of ether oxygens (including phenoxy) is 1. The molecule has 37 heavy (non-hydrogen) atoms. The molecule has 5 rings (SSSR count). The second-order valence-corrected chi connectivity index (χ2v) is 10.3. The number of benzene rings is 2. The van der Waals surface area contributed by atoms with Crippen molar-refractivity contribution in [1.29, 1.82) is 0 Å². The second-order valence-electron chi connectivity index (χ2n) is 9.45. The van der Waals surface area contributed by atoms with Crippen LogP contribution in [-0.4, -0.2) is 25.9 Å². The van der Waals surface area contributed by atoms with Crippen LogP contribution >= 0.6 is 23.8 Å². The second kappa shape index (κ2) is 10.1. The fourth-order valence-electron chi connectivity index (χ4n) is 5.04. The van der Waals surface area contributed by atoms with E-state index in [9.17, 15) is 5.11 Å². The number of aryl methyl sites for hydroxylation is 1. The van der Waals surface area contributed by atoms with Crippen molar-refractivity contribution in [2.75, 3.05) is 4.90 Å². The van der Waals surface area contributed by atoms with E-state index >= 15 is 0 Å². The molecule has 2 aromatic heterocycles.